The van der Waals surface area contributed by atoms with E-state index in [2.05, 4.69) is 357 Å². The van der Waals surface area contributed by atoms with E-state index in [4.69, 9.17) is 0 Å². The van der Waals surface area contributed by atoms with Gasteiger partial charge >= 0.3 is 0 Å². The molecule has 17 aromatic rings. The van der Waals surface area contributed by atoms with Crippen LogP contribution in [0, 0.1) is 13.8 Å². The first-order valence-electron chi connectivity index (χ1n) is 34.0. The molecule has 454 valence electrons. The number of fused-ring (bicyclic) bond motifs is 13. The molecule has 0 fully saturated rings. The van der Waals surface area contributed by atoms with Crippen LogP contribution in [0.5, 0.6) is 0 Å². The van der Waals surface area contributed by atoms with Crippen LogP contribution in [-0.2, 0) is 10.8 Å². The molecule has 0 atom stereocenters. The number of hydrogen-bond acceptors (Lipinski definition) is 0. The Bertz CT molecular complexity index is 6090. The standard InChI is InChI=1S/C50H36.C46H34/c1-31-20-24-43-45(28-31)48(35-23-27-47-44(30-35)39-16-10-11-19-46(39)50(47,2)3)40-17-8-9-18-41(40)49(43)42-26-25-36(37-14-6-7-15-38(37)42)34-22-21-32-12-4-5-13-33(32)29-34;1-29-17-23-39-41(25-29)45(35-22-24-43-40(28-35)36-13-9-10-16-42(36)46(43,2)3)38-15-8-7-14-37(38)44(39)34-21-20-32-26-31(18-19-33(32)27-34)30-11-5-4-6-12-30/h4-30H,1-3H3;4-28H,1-3H3. The van der Waals surface area contributed by atoms with E-state index in [9.17, 15) is 0 Å². The first-order valence-corrected chi connectivity index (χ1v) is 34.0. The highest BCUT2D eigenvalue weighted by molar-refractivity contribution is 6.25. The quantitative estimate of drug-likeness (QED) is 0.146. The first kappa shape index (κ1) is 57.2. The Morgan fingerprint density at radius 1 is 0.177 bits per heavy atom. The van der Waals surface area contributed by atoms with Crippen LogP contribution in [0.15, 0.2) is 315 Å². The summed E-state index contributed by atoms with van der Waals surface area (Å²) in [6.45, 7) is 13.8. The van der Waals surface area contributed by atoms with Crippen LogP contribution >= 0.6 is 0 Å². The van der Waals surface area contributed by atoms with Crippen LogP contribution in [0.3, 0.4) is 0 Å². The molecule has 0 nitrogen and oxygen atoms in total. The summed E-state index contributed by atoms with van der Waals surface area (Å²) in [5, 5.41) is 17.9. The van der Waals surface area contributed by atoms with Gasteiger partial charge in [0.05, 0.1) is 0 Å². The third kappa shape index (κ3) is 9.03. The summed E-state index contributed by atoms with van der Waals surface area (Å²) in [5.41, 5.74) is 28.9. The predicted octanol–water partition coefficient (Wildman–Crippen LogP) is 26.7. The van der Waals surface area contributed by atoms with Gasteiger partial charge in [0.15, 0.2) is 0 Å². The van der Waals surface area contributed by atoms with Crippen molar-refractivity contribution in [2.45, 2.75) is 52.4 Å². The minimum atomic E-state index is -0.0187. The van der Waals surface area contributed by atoms with Gasteiger partial charge in [0.25, 0.3) is 0 Å². The molecule has 0 spiro atoms. The van der Waals surface area contributed by atoms with Gasteiger partial charge in [-0.3, -0.25) is 0 Å². The molecule has 0 aliphatic heterocycles. The summed E-state index contributed by atoms with van der Waals surface area (Å²) in [5.74, 6) is 0. The average molecular weight is 1220 g/mol. The molecule has 0 amide bonds. The Hall–Kier alpha value is -11.4. The highest BCUT2D eigenvalue weighted by atomic mass is 14.4. The van der Waals surface area contributed by atoms with Gasteiger partial charge in [0.2, 0.25) is 0 Å². The van der Waals surface area contributed by atoms with E-state index in [0.717, 1.165) is 0 Å². The van der Waals surface area contributed by atoms with Crippen molar-refractivity contribution in [1.29, 1.82) is 0 Å². The molecule has 0 saturated carbocycles. The van der Waals surface area contributed by atoms with E-state index in [1.165, 1.54) is 198 Å². The second-order valence-electron chi connectivity index (χ2n) is 28.0. The lowest BCUT2D eigenvalue weighted by molar-refractivity contribution is 0.660. The molecule has 2 aliphatic carbocycles. The van der Waals surface area contributed by atoms with Crippen molar-refractivity contribution < 1.29 is 0 Å². The fraction of sp³-hybridized carbons (Fsp3) is 0.0833. The number of hydrogen-bond donors (Lipinski definition) is 0. The highest BCUT2D eigenvalue weighted by Crippen LogP contribution is 2.54. The maximum absolute atomic E-state index is 2.46. The third-order valence-corrected chi connectivity index (χ3v) is 21.6. The zero-order valence-electron chi connectivity index (χ0n) is 55.0. The Morgan fingerprint density at radius 3 is 1.10 bits per heavy atom. The summed E-state index contributed by atoms with van der Waals surface area (Å²) in [7, 11) is 0. The molecule has 0 heterocycles. The summed E-state index contributed by atoms with van der Waals surface area (Å²) in [4.78, 5) is 0. The molecular weight excluding hydrogens is 1150 g/mol. The molecule has 0 heteroatoms. The molecule has 96 heavy (non-hydrogen) atoms. The van der Waals surface area contributed by atoms with Gasteiger partial charge in [-0.25, -0.2) is 0 Å². The van der Waals surface area contributed by atoms with Crippen LogP contribution < -0.4 is 0 Å². The fourth-order valence-electron chi connectivity index (χ4n) is 16.9. The number of rotatable bonds is 6. The van der Waals surface area contributed by atoms with Gasteiger partial charge in [-0.15, -0.1) is 0 Å². The highest BCUT2D eigenvalue weighted by Gasteiger charge is 2.37. The monoisotopic (exact) mass is 1220 g/mol. The topological polar surface area (TPSA) is 0 Å². The van der Waals surface area contributed by atoms with E-state index in [1.54, 1.807) is 0 Å². The van der Waals surface area contributed by atoms with E-state index in [0.29, 0.717) is 0 Å². The summed E-state index contributed by atoms with van der Waals surface area (Å²) >= 11 is 0. The Balaban J connectivity index is 0.000000141. The van der Waals surface area contributed by atoms with Crippen molar-refractivity contribution in [2.24, 2.45) is 0 Å². The van der Waals surface area contributed by atoms with E-state index < -0.39 is 0 Å². The lowest BCUT2D eigenvalue weighted by atomic mass is 9.81. The molecule has 0 bridgehead atoms. The molecule has 17 aromatic carbocycles. The molecule has 2 aliphatic rings. The van der Waals surface area contributed by atoms with Gasteiger partial charge < -0.3 is 0 Å². The van der Waals surface area contributed by atoms with Crippen molar-refractivity contribution in [3.63, 3.8) is 0 Å². The van der Waals surface area contributed by atoms with Crippen LogP contribution in [0.1, 0.15) is 61.1 Å². The SMILES string of the molecule is Cc1ccc2c(-c3ccc(-c4ccc5ccccc5c4)c4ccccc34)c3ccccc3c(-c3ccc4c(c3)-c3ccccc3C4(C)C)c2c1.Cc1ccc2c(-c3ccc4cc(-c5ccccc5)ccc4c3)c3ccccc3c(-c3ccc4c(c3)-c3ccccc3C4(C)C)c2c1. The second-order valence-corrected chi connectivity index (χ2v) is 28.0. The summed E-state index contributed by atoms with van der Waals surface area (Å²) in [6.07, 6.45) is 0. The van der Waals surface area contributed by atoms with Gasteiger partial charge in [0.1, 0.15) is 0 Å². The predicted molar refractivity (Wildman–Crippen MR) is 413 cm³/mol. The normalized spacial score (nSPS) is 13.3. The minimum absolute atomic E-state index is 0.00696. The van der Waals surface area contributed by atoms with Crippen LogP contribution in [-0.4, -0.2) is 0 Å². The average Bonchev–Trinajstić information content (AvgIpc) is 1.06. The molecule has 0 N–H and O–H groups in total. The lowest BCUT2D eigenvalue weighted by Crippen LogP contribution is -2.14. The van der Waals surface area contributed by atoms with Crippen LogP contribution in [0.2, 0.25) is 0 Å². The summed E-state index contributed by atoms with van der Waals surface area (Å²) in [6, 6.07) is 118. The van der Waals surface area contributed by atoms with E-state index in [-0.39, 0.29) is 10.8 Å². The molecule has 0 radical (unpaired) electrons. The van der Waals surface area contributed by atoms with Crippen molar-refractivity contribution in [3.05, 3.63) is 349 Å². The Morgan fingerprint density at radius 2 is 0.531 bits per heavy atom. The van der Waals surface area contributed by atoms with E-state index >= 15 is 0 Å². The molecule has 0 saturated heterocycles. The van der Waals surface area contributed by atoms with Crippen molar-refractivity contribution in [2.75, 3.05) is 0 Å². The zero-order valence-corrected chi connectivity index (χ0v) is 55.0. The zero-order chi connectivity index (χ0) is 64.6. The molecule has 0 aromatic heterocycles. The van der Waals surface area contributed by atoms with Crippen LogP contribution in [0.4, 0.5) is 0 Å². The van der Waals surface area contributed by atoms with Gasteiger partial charge in [-0.05, 0) is 231 Å². The smallest absolute Gasteiger partial charge is 0.0158 e. The molecular formula is C96H70. The number of aryl methyl sites for hydroxylation is 2. The Labute approximate surface area is 562 Å². The first-order chi connectivity index (χ1) is 46.9. The van der Waals surface area contributed by atoms with Crippen molar-refractivity contribution in [3.8, 4) is 89.0 Å². The van der Waals surface area contributed by atoms with Gasteiger partial charge in [-0.2, -0.15) is 0 Å². The van der Waals surface area contributed by atoms with Crippen molar-refractivity contribution in [1.82, 2.24) is 0 Å². The lowest BCUT2D eigenvalue weighted by Gasteiger charge is -2.22. The second kappa shape index (κ2) is 22.1. The van der Waals surface area contributed by atoms with E-state index in [1.807, 2.05) is 0 Å². The van der Waals surface area contributed by atoms with Crippen LogP contribution in [0.25, 0.3) is 164 Å². The molecule has 19 rings (SSSR count). The Kier molecular flexibility index (Phi) is 13.2. The van der Waals surface area contributed by atoms with Gasteiger partial charge in [-0.1, -0.05) is 324 Å². The summed E-state index contributed by atoms with van der Waals surface area (Å²) < 4.78 is 0. The number of benzene rings is 17. The molecule has 0 unspecified atom stereocenters. The fourth-order valence-corrected chi connectivity index (χ4v) is 16.9. The third-order valence-electron chi connectivity index (χ3n) is 21.6. The van der Waals surface area contributed by atoms with Gasteiger partial charge in [0, 0.05) is 10.8 Å². The van der Waals surface area contributed by atoms with Crippen molar-refractivity contribution >= 4 is 75.4 Å². The maximum Gasteiger partial charge on any atom is 0.0158 e. The largest absolute Gasteiger partial charge is 0.0622 e. The minimum Gasteiger partial charge on any atom is -0.0622 e. The maximum atomic E-state index is 2.46.